The van der Waals surface area contributed by atoms with Crippen LogP contribution in [0.2, 0.25) is 0 Å². The second-order valence-corrected chi connectivity index (χ2v) is 17.8. The molecule has 6 aliphatic rings. The molecule has 4 heterocycles. The van der Waals surface area contributed by atoms with Crippen LogP contribution in [-0.2, 0) is 46.9 Å². The number of halogens is 2. The van der Waals surface area contributed by atoms with Crippen molar-refractivity contribution in [3.63, 3.8) is 0 Å². The molecule has 2 N–H and O–H groups in total. The number of nitrogens with one attached hydrogen (secondary N) is 2. The highest BCUT2D eigenvalue weighted by atomic mass is 32.2. The van der Waals surface area contributed by atoms with Crippen LogP contribution >= 0.6 is 0 Å². The van der Waals surface area contributed by atoms with Gasteiger partial charge in [0.2, 0.25) is 27.7 Å². The van der Waals surface area contributed by atoms with E-state index < -0.39 is 87.0 Å². The fourth-order valence-corrected chi connectivity index (χ4v) is 9.73. The molecule has 2 saturated carbocycles. The van der Waals surface area contributed by atoms with Crippen LogP contribution in [0.4, 0.5) is 13.6 Å². The zero-order valence-electron chi connectivity index (χ0n) is 30.4. The maximum absolute atomic E-state index is 14.5. The number of fused-ring (bicyclic) bond motifs is 3. The lowest BCUT2D eigenvalue weighted by molar-refractivity contribution is -0.148. The predicted molar refractivity (Wildman–Crippen MR) is 191 cm³/mol. The van der Waals surface area contributed by atoms with E-state index in [9.17, 15) is 41.2 Å². The van der Waals surface area contributed by atoms with Gasteiger partial charge in [-0.1, -0.05) is 49.3 Å². The zero-order chi connectivity index (χ0) is 38.3. The van der Waals surface area contributed by atoms with Crippen LogP contribution in [0, 0.1) is 11.8 Å². The summed E-state index contributed by atoms with van der Waals surface area (Å²) in [6, 6.07) is 6.58. The number of likely N-dealkylation sites (tertiary alicyclic amines) is 1. The summed E-state index contributed by atoms with van der Waals surface area (Å²) in [7, 11) is -3.93. The third kappa shape index (κ3) is 8.42. The molecule has 2 saturated heterocycles. The van der Waals surface area contributed by atoms with Gasteiger partial charge in [-0.05, 0) is 62.5 Å². The molecule has 4 fully saturated rings. The van der Waals surface area contributed by atoms with Crippen molar-refractivity contribution in [2.24, 2.45) is 11.8 Å². The van der Waals surface area contributed by atoms with Crippen LogP contribution in [-0.4, -0.2) is 108 Å². The fraction of sp³-hybridized carbons (Fsp3) is 0.658. The van der Waals surface area contributed by atoms with Crippen LogP contribution in [0.5, 0.6) is 0 Å². The number of alkyl halides is 2. The third-order valence-corrected chi connectivity index (χ3v) is 13.6. The van der Waals surface area contributed by atoms with Crippen molar-refractivity contribution >= 4 is 39.7 Å². The molecular formula is C38H49F2N5O8S. The summed E-state index contributed by atoms with van der Waals surface area (Å²) in [5.74, 6) is -7.06. The number of allylic oxidation sites excluding steroid dienone is 1. The van der Waals surface area contributed by atoms with Crippen molar-refractivity contribution in [1.29, 1.82) is 0 Å². The lowest BCUT2D eigenvalue weighted by Crippen LogP contribution is -2.57. The molecule has 5 amide bonds. The van der Waals surface area contributed by atoms with E-state index in [-0.39, 0.29) is 51.6 Å². The number of amides is 5. The number of ether oxygens (including phenoxy) is 1. The molecule has 294 valence electrons. The molecule has 7 rings (SSSR count). The van der Waals surface area contributed by atoms with E-state index in [4.69, 9.17) is 4.74 Å². The maximum atomic E-state index is 14.5. The van der Waals surface area contributed by atoms with E-state index in [2.05, 4.69) is 10.0 Å². The standard InChI is InChI=1S/C38H49F2N5O8S/c39-37(40)16-8-17-44(24-37)32(46)19-26-10-4-2-1-3-5-12-28-21-38(28,35(49)42-54(51,52)30-13-14-30)41-33(47)31-20-29(23-45(31)34(26)48)53-36(50)43-18-15-25-9-6-7-11-27(25)22-43/h5-7,9,11-12,26,28-31H,1-4,8,10,13-24H2,(H,41,47)(H,42,49)/t26-,28?,29-,31+,38-/m1/s1. The van der Waals surface area contributed by atoms with E-state index in [1.165, 1.54) is 4.90 Å². The highest BCUT2D eigenvalue weighted by Crippen LogP contribution is 2.46. The van der Waals surface area contributed by atoms with Gasteiger partial charge in [-0.2, -0.15) is 0 Å². The van der Waals surface area contributed by atoms with E-state index in [0.717, 1.165) is 22.4 Å². The van der Waals surface area contributed by atoms with Gasteiger partial charge >= 0.3 is 6.09 Å². The average Bonchev–Trinajstić information content (AvgIpc) is 4.06. The number of rotatable bonds is 6. The van der Waals surface area contributed by atoms with Gasteiger partial charge in [-0.15, -0.1) is 0 Å². The molecule has 1 unspecified atom stereocenters. The van der Waals surface area contributed by atoms with Crippen LogP contribution in [0.15, 0.2) is 36.4 Å². The summed E-state index contributed by atoms with van der Waals surface area (Å²) < 4.78 is 62.3. The molecule has 5 atom stereocenters. The Bertz CT molecular complexity index is 1800. The van der Waals surface area contributed by atoms with E-state index >= 15 is 0 Å². The number of hydrogen-bond donors (Lipinski definition) is 2. The number of hydrogen-bond acceptors (Lipinski definition) is 8. The molecule has 1 aromatic carbocycles. The normalized spacial score (nSPS) is 30.1. The first-order valence-corrected chi connectivity index (χ1v) is 20.8. The number of carbonyl (C=O) groups is 5. The average molecular weight is 774 g/mol. The van der Waals surface area contributed by atoms with Crippen LogP contribution in [0.1, 0.15) is 88.2 Å². The summed E-state index contributed by atoms with van der Waals surface area (Å²) in [6.45, 7) is 0.0550. The molecular weight excluding hydrogens is 725 g/mol. The Hall–Kier alpha value is -4.08. The van der Waals surface area contributed by atoms with Gasteiger partial charge in [0.15, 0.2) is 0 Å². The molecule has 1 aromatic rings. The molecule has 4 aliphatic heterocycles. The zero-order valence-corrected chi connectivity index (χ0v) is 31.2. The quantitative estimate of drug-likeness (QED) is 0.416. The van der Waals surface area contributed by atoms with Gasteiger partial charge in [-0.25, -0.2) is 22.0 Å². The summed E-state index contributed by atoms with van der Waals surface area (Å²) >= 11 is 0. The van der Waals surface area contributed by atoms with Gasteiger partial charge in [-0.3, -0.25) is 23.9 Å². The Labute approximate surface area is 314 Å². The van der Waals surface area contributed by atoms with Crippen molar-refractivity contribution in [3.05, 3.63) is 47.5 Å². The highest BCUT2D eigenvalue weighted by molar-refractivity contribution is 7.91. The molecule has 2 aliphatic carbocycles. The summed E-state index contributed by atoms with van der Waals surface area (Å²) in [4.78, 5) is 73.3. The molecule has 13 nitrogen and oxygen atoms in total. The fourth-order valence-electron chi connectivity index (χ4n) is 8.37. The molecule has 54 heavy (non-hydrogen) atoms. The highest BCUT2D eigenvalue weighted by Gasteiger charge is 2.62. The monoisotopic (exact) mass is 773 g/mol. The molecule has 16 heteroatoms. The Balaban J connectivity index is 1.13. The van der Waals surface area contributed by atoms with E-state index in [0.29, 0.717) is 51.6 Å². The Morgan fingerprint density at radius 3 is 2.52 bits per heavy atom. The number of carbonyl (C=O) groups excluding carboxylic acids is 5. The topological polar surface area (TPSA) is 162 Å². The van der Waals surface area contributed by atoms with Gasteiger partial charge < -0.3 is 24.8 Å². The minimum Gasteiger partial charge on any atom is -0.444 e. The SMILES string of the molecule is O=C1N[C@]2(C(=O)NS(=O)(=O)C3CC3)CC2C=CCCCCC[C@H](CC(=O)N2CCCC(F)(F)C2)C(=O)N2C[C@H](OC(=O)N3CCc4ccccc4C3)C[C@@H]12. The van der Waals surface area contributed by atoms with Gasteiger partial charge in [0.25, 0.3) is 11.8 Å². The maximum Gasteiger partial charge on any atom is 0.410 e. The summed E-state index contributed by atoms with van der Waals surface area (Å²) in [6.07, 6.45) is 6.28. The van der Waals surface area contributed by atoms with Crippen LogP contribution in [0.3, 0.4) is 0 Å². The summed E-state index contributed by atoms with van der Waals surface area (Å²) in [5, 5.41) is 2.14. The van der Waals surface area contributed by atoms with Crippen LogP contribution in [0.25, 0.3) is 0 Å². The van der Waals surface area contributed by atoms with Gasteiger partial charge in [0, 0.05) is 50.7 Å². The van der Waals surface area contributed by atoms with Crippen molar-refractivity contribution in [1.82, 2.24) is 24.7 Å². The van der Waals surface area contributed by atoms with Crippen molar-refractivity contribution in [2.75, 3.05) is 26.2 Å². The number of benzene rings is 1. The first kappa shape index (κ1) is 38.2. The first-order valence-electron chi connectivity index (χ1n) is 19.3. The van der Waals surface area contributed by atoms with Crippen molar-refractivity contribution in [2.45, 2.75) is 119 Å². The van der Waals surface area contributed by atoms with Gasteiger partial charge in [0.05, 0.1) is 18.3 Å². The Morgan fingerprint density at radius 2 is 1.76 bits per heavy atom. The summed E-state index contributed by atoms with van der Waals surface area (Å²) in [5.41, 5.74) is 0.573. The second kappa shape index (κ2) is 15.2. The minimum atomic E-state index is -3.93. The minimum absolute atomic E-state index is 0.0919. The van der Waals surface area contributed by atoms with Crippen molar-refractivity contribution in [3.8, 4) is 0 Å². The number of nitrogens with zero attached hydrogens (tertiary/aromatic N) is 3. The second-order valence-electron chi connectivity index (χ2n) is 15.9. The molecule has 0 aromatic heterocycles. The van der Waals surface area contributed by atoms with Crippen molar-refractivity contribution < 1.29 is 45.9 Å². The van der Waals surface area contributed by atoms with E-state index in [1.807, 2.05) is 36.4 Å². The molecule has 0 spiro atoms. The van der Waals surface area contributed by atoms with Crippen LogP contribution < -0.4 is 10.0 Å². The largest absolute Gasteiger partial charge is 0.444 e. The lowest BCUT2D eigenvalue weighted by atomic mass is 9.94. The smallest absolute Gasteiger partial charge is 0.410 e. The van der Waals surface area contributed by atoms with Gasteiger partial charge in [0.1, 0.15) is 17.7 Å². The first-order chi connectivity index (χ1) is 25.7. The molecule has 0 radical (unpaired) electrons. The predicted octanol–water partition coefficient (Wildman–Crippen LogP) is 3.42. The number of piperidine rings is 1. The lowest BCUT2D eigenvalue weighted by Gasteiger charge is -2.34. The number of sulfonamides is 1. The Kier molecular flexibility index (Phi) is 10.8. The molecule has 0 bridgehead atoms. The third-order valence-electron chi connectivity index (χ3n) is 11.8. The van der Waals surface area contributed by atoms with E-state index in [1.54, 1.807) is 4.90 Å². The Morgan fingerprint density at radius 1 is 0.981 bits per heavy atom.